The van der Waals surface area contributed by atoms with Crippen LogP contribution in [0.3, 0.4) is 0 Å². The van der Waals surface area contributed by atoms with E-state index < -0.39 is 6.09 Å². The summed E-state index contributed by atoms with van der Waals surface area (Å²) in [6, 6.07) is 0.125. The van der Waals surface area contributed by atoms with Crippen LogP contribution in [0.2, 0.25) is 0 Å². The Kier molecular flexibility index (Phi) is 3.44. The van der Waals surface area contributed by atoms with E-state index in [0.717, 1.165) is 19.3 Å². The van der Waals surface area contributed by atoms with Crippen LogP contribution in [-0.2, 0) is 9.53 Å². The molecule has 1 fully saturated rings. The zero-order chi connectivity index (χ0) is 11.4. The highest BCUT2D eigenvalue weighted by molar-refractivity contribution is 5.83. The quantitative estimate of drug-likeness (QED) is 0.716. The molecule has 0 aromatic rings. The van der Waals surface area contributed by atoms with Crippen LogP contribution in [0.15, 0.2) is 12.2 Å². The highest BCUT2D eigenvalue weighted by Crippen LogP contribution is 2.10. The van der Waals surface area contributed by atoms with Crippen molar-refractivity contribution in [1.29, 1.82) is 0 Å². The van der Waals surface area contributed by atoms with E-state index >= 15 is 0 Å². The van der Waals surface area contributed by atoms with Gasteiger partial charge in [0.15, 0.2) is 0 Å². The Morgan fingerprint density at radius 3 is 3.12 bits per heavy atom. The first kappa shape index (κ1) is 11.0. The summed E-state index contributed by atoms with van der Waals surface area (Å²) in [5, 5.41) is 2.89. The molecule has 0 spiro atoms. The van der Waals surface area contributed by atoms with Crippen LogP contribution in [0.25, 0.3) is 0 Å². The van der Waals surface area contributed by atoms with Gasteiger partial charge in [0.1, 0.15) is 13.2 Å². The number of hydrogen-bond donors (Lipinski definition) is 1. The molecule has 0 aromatic carbocycles. The molecule has 1 aliphatic carbocycles. The Morgan fingerprint density at radius 2 is 2.50 bits per heavy atom. The third-order valence-corrected chi connectivity index (χ3v) is 2.78. The van der Waals surface area contributed by atoms with Gasteiger partial charge < -0.3 is 10.1 Å². The smallest absolute Gasteiger partial charge is 0.410 e. The van der Waals surface area contributed by atoms with Gasteiger partial charge in [0.05, 0.1) is 6.54 Å². The summed E-state index contributed by atoms with van der Waals surface area (Å²) in [7, 11) is 0. The third-order valence-electron chi connectivity index (χ3n) is 2.78. The Hall–Kier alpha value is -1.52. The lowest BCUT2D eigenvalue weighted by Crippen LogP contribution is -2.42. The van der Waals surface area contributed by atoms with Crippen LogP contribution < -0.4 is 5.32 Å². The molecule has 5 nitrogen and oxygen atoms in total. The van der Waals surface area contributed by atoms with Crippen LogP contribution in [0.4, 0.5) is 4.79 Å². The van der Waals surface area contributed by atoms with E-state index in [2.05, 4.69) is 11.4 Å². The second-order valence-electron chi connectivity index (χ2n) is 4.07. The fourth-order valence-electron chi connectivity index (χ4n) is 1.93. The minimum absolute atomic E-state index is 0.100. The summed E-state index contributed by atoms with van der Waals surface area (Å²) in [6.45, 7) is 0.991. The molecule has 1 unspecified atom stereocenters. The molecular weight excluding hydrogens is 208 g/mol. The Morgan fingerprint density at radius 1 is 1.62 bits per heavy atom. The number of nitrogens with zero attached hydrogens (tertiary/aromatic N) is 1. The molecule has 16 heavy (non-hydrogen) atoms. The van der Waals surface area contributed by atoms with Gasteiger partial charge in [-0.2, -0.15) is 0 Å². The molecule has 0 saturated carbocycles. The van der Waals surface area contributed by atoms with E-state index in [1.165, 1.54) is 4.90 Å². The molecule has 2 aliphatic rings. The minimum atomic E-state index is -0.394. The summed E-state index contributed by atoms with van der Waals surface area (Å²) in [6.07, 6.45) is 6.88. The zero-order valence-corrected chi connectivity index (χ0v) is 9.15. The topological polar surface area (TPSA) is 58.6 Å². The lowest BCUT2D eigenvalue weighted by atomic mass is 10.0. The maximum atomic E-state index is 11.6. The van der Waals surface area contributed by atoms with Crippen molar-refractivity contribution in [2.45, 2.75) is 25.3 Å². The summed E-state index contributed by atoms with van der Waals surface area (Å²) in [5.41, 5.74) is 0. The molecule has 5 heteroatoms. The normalized spacial score (nSPS) is 24.4. The number of allylic oxidation sites excluding steroid dienone is 1. The number of carbonyl (C=O) groups is 2. The largest absolute Gasteiger partial charge is 0.448 e. The van der Waals surface area contributed by atoms with E-state index in [4.69, 9.17) is 4.74 Å². The standard InChI is InChI=1S/C11H16N2O3/c14-10(8-13-6-7-16-11(13)15)12-9-4-2-1-3-5-9/h2,4,9H,1,3,5-8H2,(H,12,14). The predicted octanol–water partition coefficient (Wildman–Crippen LogP) is 0.663. The number of ether oxygens (including phenoxy) is 1. The third kappa shape index (κ3) is 2.74. The molecular formula is C11H16N2O3. The first-order chi connectivity index (χ1) is 7.75. The van der Waals surface area contributed by atoms with Crippen molar-refractivity contribution in [2.24, 2.45) is 0 Å². The fourth-order valence-corrected chi connectivity index (χ4v) is 1.93. The molecule has 2 rings (SSSR count). The summed E-state index contributed by atoms with van der Waals surface area (Å²) in [4.78, 5) is 24.1. The van der Waals surface area contributed by atoms with Crippen LogP contribution in [0.1, 0.15) is 19.3 Å². The Balaban J connectivity index is 1.77. The van der Waals surface area contributed by atoms with E-state index in [1.54, 1.807) is 0 Å². The van der Waals surface area contributed by atoms with Crippen molar-refractivity contribution in [2.75, 3.05) is 19.7 Å². The van der Waals surface area contributed by atoms with Gasteiger partial charge in [0, 0.05) is 6.04 Å². The lowest BCUT2D eigenvalue weighted by Gasteiger charge is -2.19. The highest BCUT2D eigenvalue weighted by Gasteiger charge is 2.24. The molecule has 2 amide bonds. The van der Waals surface area contributed by atoms with E-state index in [9.17, 15) is 9.59 Å². The average molecular weight is 224 g/mol. The number of carbonyl (C=O) groups excluding carboxylic acids is 2. The van der Waals surface area contributed by atoms with Gasteiger partial charge in [-0.25, -0.2) is 4.79 Å². The number of amides is 2. The summed E-state index contributed by atoms with van der Waals surface area (Å²) in [5.74, 6) is -0.115. The maximum Gasteiger partial charge on any atom is 0.410 e. The van der Waals surface area contributed by atoms with Gasteiger partial charge in [-0.1, -0.05) is 12.2 Å². The minimum Gasteiger partial charge on any atom is -0.448 e. The summed E-state index contributed by atoms with van der Waals surface area (Å²) >= 11 is 0. The number of hydrogen-bond acceptors (Lipinski definition) is 3. The first-order valence-electron chi connectivity index (χ1n) is 5.63. The molecule has 1 atom stereocenters. The predicted molar refractivity (Wildman–Crippen MR) is 57.8 cm³/mol. The second kappa shape index (κ2) is 5.01. The Bertz CT molecular complexity index is 314. The molecule has 0 bridgehead atoms. The highest BCUT2D eigenvalue weighted by atomic mass is 16.6. The van der Waals surface area contributed by atoms with Gasteiger partial charge in [-0.15, -0.1) is 0 Å². The van der Waals surface area contributed by atoms with Crippen molar-refractivity contribution >= 4 is 12.0 Å². The summed E-state index contributed by atoms with van der Waals surface area (Å²) < 4.78 is 4.75. The molecule has 1 heterocycles. The van der Waals surface area contributed by atoms with Gasteiger partial charge in [0.25, 0.3) is 0 Å². The number of cyclic esters (lactones) is 1. The van der Waals surface area contributed by atoms with E-state index in [0.29, 0.717) is 13.2 Å². The monoisotopic (exact) mass is 224 g/mol. The molecule has 1 N–H and O–H groups in total. The van der Waals surface area contributed by atoms with Crippen LogP contribution in [0, 0.1) is 0 Å². The zero-order valence-electron chi connectivity index (χ0n) is 9.15. The van der Waals surface area contributed by atoms with Crippen molar-refractivity contribution in [3.63, 3.8) is 0 Å². The molecule has 1 saturated heterocycles. The first-order valence-corrected chi connectivity index (χ1v) is 5.63. The fraction of sp³-hybridized carbons (Fsp3) is 0.636. The SMILES string of the molecule is O=C(CN1CCOC1=O)NC1C=CCCC1. The van der Waals surface area contributed by atoms with Crippen LogP contribution >= 0.6 is 0 Å². The molecule has 0 radical (unpaired) electrons. The van der Waals surface area contributed by atoms with Crippen molar-refractivity contribution in [1.82, 2.24) is 10.2 Å². The van der Waals surface area contributed by atoms with Gasteiger partial charge in [-0.3, -0.25) is 9.69 Å². The van der Waals surface area contributed by atoms with Crippen LogP contribution in [0.5, 0.6) is 0 Å². The maximum absolute atomic E-state index is 11.6. The van der Waals surface area contributed by atoms with Gasteiger partial charge in [0.2, 0.25) is 5.91 Å². The van der Waals surface area contributed by atoms with Crippen molar-refractivity contribution < 1.29 is 14.3 Å². The van der Waals surface area contributed by atoms with Gasteiger partial charge in [-0.05, 0) is 19.3 Å². The van der Waals surface area contributed by atoms with Crippen molar-refractivity contribution in [3.05, 3.63) is 12.2 Å². The number of nitrogens with one attached hydrogen (secondary N) is 1. The van der Waals surface area contributed by atoms with E-state index in [1.807, 2.05) is 6.08 Å². The van der Waals surface area contributed by atoms with E-state index in [-0.39, 0.29) is 18.5 Å². The van der Waals surface area contributed by atoms with Crippen LogP contribution in [-0.4, -0.2) is 42.6 Å². The number of rotatable bonds is 3. The molecule has 88 valence electrons. The van der Waals surface area contributed by atoms with Crippen molar-refractivity contribution in [3.8, 4) is 0 Å². The second-order valence-corrected chi connectivity index (χ2v) is 4.07. The lowest BCUT2D eigenvalue weighted by molar-refractivity contribution is -0.122. The molecule has 0 aromatic heterocycles. The average Bonchev–Trinajstić information content (AvgIpc) is 2.66. The molecule has 1 aliphatic heterocycles. The Labute approximate surface area is 94.4 Å². The van der Waals surface area contributed by atoms with Gasteiger partial charge >= 0.3 is 6.09 Å².